The summed E-state index contributed by atoms with van der Waals surface area (Å²) in [6, 6.07) is 12.1. The lowest BCUT2D eigenvalue weighted by Crippen LogP contribution is -2.41. The molecule has 152 valence electrons. The Morgan fingerprint density at radius 1 is 1.21 bits per heavy atom. The molecule has 6 nitrogen and oxygen atoms in total. The number of aryl methyl sites for hydroxylation is 2. The van der Waals surface area contributed by atoms with Gasteiger partial charge in [0.2, 0.25) is 0 Å². The first-order valence-electron chi connectivity index (χ1n) is 8.83. The number of hydrogen-bond donors (Lipinski definition) is 3. The molecule has 0 aliphatic heterocycles. The second-order valence-corrected chi connectivity index (χ2v) is 9.37. The maximum Gasteiger partial charge on any atom is 0.469 e. The van der Waals surface area contributed by atoms with Gasteiger partial charge in [0, 0.05) is 10.4 Å². The van der Waals surface area contributed by atoms with Gasteiger partial charge >= 0.3 is 7.82 Å². The Morgan fingerprint density at radius 2 is 1.93 bits per heavy atom. The lowest BCUT2D eigenvalue weighted by atomic mass is 9.98. The van der Waals surface area contributed by atoms with Gasteiger partial charge < -0.3 is 20.3 Å². The summed E-state index contributed by atoms with van der Waals surface area (Å²) in [7, 11) is -4.50. The van der Waals surface area contributed by atoms with E-state index in [0.717, 1.165) is 15.3 Å². The molecule has 4 N–H and O–H groups in total. The van der Waals surface area contributed by atoms with Crippen LogP contribution in [-0.4, -0.2) is 28.5 Å². The number of hydrogen-bond acceptors (Lipinski definition) is 5. The first kappa shape index (κ1) is 22.8. The Bertz CT molecular complexity index is 861. The Morgan fingerprint density at radius 3 is 2.61 bits per heavy atom. The molecule has 28 heavy (non-hydrogen) atoms. The van der Waals surface area contributed by atoms with Crippen molar-refractivity contribution in [1.29, 1.82) is 0 Å². The minimum atomic E-state index is -4.50. The zero-order valence-electron chi connectivity index (χ0n) is 16.1. The van der Waals surface area contributed by atoms with Gasteiger partial charge in [0.1, 0.15) is 6.61 Å². The summed E-state index contributed by atoms with van der Waals surface area (Å²) >= 11 is 1.57. The van der Waals surface area contributed by atoms with E-state index in [4.69, 9.17) is 20.3 Å². The molecule has 0 saturated heterocycles. The third-order valence-corrected chi connectivity index (χ3v) is 5.47. The predicted octanol–water partition coefficient (Wildman–Crippen LogP) is 3.38. The van der Waals surface area contributed by atoms with E-state index in [0.29, 0.717) is 26.1 Å². The highest BCUT2D eigenvalue weighted by Gasteiger charge is 2.24. The van der Waals surface area contributed by atoms with Gasteiger partial charge in [-0.1, -0.05) is 41.7 Å². The van der Waals surface area contributed by atoms with Crippen LogP contribution in [0.5, 0.6) is 0 Å². The SMILES string of the molecule is Cc1ccc(COCC#Cc2ccc(CCC(C)(N)COP(=O)(O)O)s2)cc1. The first-order chi connectivity index (χ1) is 13.1. The van der Waals surface area contributed by atoms with Crippen molar-refractivity contribution in [2.75, 3.05) is 13.2 Å². The van der Waals surface area contributed by atoms with Gasteiger partial charge in [-0.2, -0.15) is 0 Å². The Balaban J connectivity index is 1.74. The summed E-state index contributed by atoms with van der Waals surface area (Å²) < 4.78 is 20.9. The molecule has 2 rings (SSSR count). The lowest BCUT2D eigenvalue weighted by Gasteiger charge is -2.24. The van der Waals surface area contributed by atoms with Gasteiger partial charge in [-0.25, -0.2) is 4.57 Å². The average molecular weight is 423 g/mol. The second-order valence-electron chi connectivity index (χ2n) is 6.96. The first-order valence-corrected chi connectivity index (χ1v) is 11.2. The average Bonchev–Trinajstić information content (AvgIpc) is 3.07. The van der Waals surface area contributed by atoms with Crippen molar-refractivity contribution in [1.82, 2.24) is 0 Å². The lowest BCUT2D eigenvalue weighted by molar-refractivity contribution is 0.153. The maximum atomic E-state index is 10.8. The van der Waals surface area contributed by atoms with Gasteiger partial charge in [-0.3, -0.25) is 4.52 Å². The molecule has 0 bridgehead atoms. The summed E-state index contributed by atoms with van der Waals surface area (Å²) in [6.45, 7) is 4.46. The quantitative estimate of drug-likeness (QED) is 0.325. The van der Waals surface area contributed by atoms with Gasteiger partial charge in [0.15, 0.2) is 0 Å². The standard InChI is InChI=1S/C20H26NO5PS/c1-16-5-7-17(8-6-16)14-25-13-3-4-18-9-10-19(28-18)11-12-20(2,21)15-26-27(22,23)24/h5-10H,11-15,21H2,1-2H3,(H2,22,23,24). The van der Waals surface area contributed by atoms with Crippen molar-refractivity contribution in [3.8, 4) is 11.8 Å². The van der Waals surface area contributed by atoms with Crippen LogP contribution in [0.4, 0.5) is 0 Å². The van der Waals surface area contributed by atoms with Crippen molar-refractivity contribution in [2.45, 2.75) is 38.8 Å². The topological polar surface area (TPSA) is 102 Å². The number of phosphoric ester groups is 1. The Kier molecular flexibility index (Phi) is 8.41. The molecule has 1 atom stereocenters. The highest BCUT2D eigenvalue weighted by Crippen LogP contribution is 2.37. The monoisotopic (exact) mass is 423 g/mol. The van der Waals surface area contributed by atoms with Crippen molar-refractivity contribution in [3.05, 3.63) is 57.3 Å². The molecule has 0 spiro atoms. The summed E-state index contributed by atoms with van der Waals surface area (Å²) in [6.07, 6.45) is 1.23. The number of nitrogens with two attached hydrogens (primary N) is 1. The van der Waals surface area contributed by atoms with E-state index in [1.807, 2.05) is 24.3 Å². The molecule has 0 saturated carbocycles. The third-order valence-electron chi connectivity index (χ3n) is 3.94. The van der Waals surface area contributed by atoms with Crippen LogP contribution < -0.4 is 5.73 Å². The smallest absolute Gasteiger partial charge is 0.364 e. The molecule has 0 amide bonds. The van der Waals surface area contributed by atoms with E-state index in [-0.39, 0.29) is 6.61 Å². The van der Waals surface area contributed by atoms with Crippen LogP contribution in [0.25, 0.3) is 0 Å². The van der Waals surface area contributed by atoms with Crippen LogP contribution >= 0.6 is 19.2 Å². The fraction of sp³-hybridized carbons (Fsp3) is 0.400. The maximum absolute atomic E-state index is 10.8. The van der Waals surface area contributed by atoms with E-state index >= 15 is 0 Å². The zero-order valence-corrected chi connectivity index (χ0v) is 17.8. The third kappa shape index (κ3) is 9.13. The number of phosphoric acid groups is 1. The summed E-state index contributed by atoms with van der Waals surface area (Å²) in [4.78, 5) is 19.6. The van der Waals surface area contributed by atoms with E-state index in [9.17, 15) is 4.57 Å². The molecule has 0 radical (unpaired) electrons. The normalized spacial score (nSPS) is 13.6. The minimum absolute atomic E-state index is 0.201. The summed E-state index contributed by atoms with van der Waals surface area (Å²) in [5, 5.41) is 0. The zero-order chi connectivity index (χ0) is 20.6. The van der Waals surface area contributed by atoms with Crippen LogP contribution in [-0.2, 0) is 26.9 Å². The highest BCUT2D eigenvalue weighted by atomic mass is 32.1. The fourth-order valence-electron chi connectivity index (χ4n) is 2.32. The largest absolute Gasteiger partial charge is 0.469 e. The van der Waals surface area contributed by atoms with Crippen LogP contribution in [0.3, 0.4) is 0 Å². The second kappa shape index (κ2) is 10.3. The molecule has 0 fully saturated rings. The molecule has 1 aromatic carbocycles. The molecular weight excluding hydrogens is 397 g/mol. The van der Waals surface area contributed by atoms with Crippen molar-refractivity contribution in [3.63, 3.8) is 0 Å². The van der Waals surface area contributed by atoms with Crippen LogP contribution in [0.15, 0.2) is 36.4 Å². The summed E-state index contributed by atoms with van der Waals surface area (Å²) in [5.74, 6) is 6.10. The van der Waals surface area contributed by atoms with E-state index in [1.54, 1.807) is 18.3 Å². The van der Waals surface area contributed by atoms with Gasteiger partial charge in [0.05, 0.1) is 18.1 Å². The summed E-state index contributed by atoms with van der Waals surface area (Å²) in [5.41, 5.74) is 7.57. The molecule has 0 aliphatic rings. The number of thiophene rings is 1. The minimum Gasteiger partial charge on any atom is -0.364 e. The molecule has 2 aromatic rings. The fourth-order valence-corrected chi connectivity index (χ4v) is 3.66. The van der Waals surface area contributed by atoms with Crippen molar-refractivity contribution >= 4 is 19.2 Å². The Hall–Kier alpha value is -1.49. The van der Waals surface area contributed by atoms with Crippen molar-refractivity contribution < 1.29 is 23.6 Å². The number of benzene rings is 1. The molecule has 8 heteroatoms. The number of rotatable bonds is 9. The highest BCUT2D eigenvalue weighted by molar-refractivity contribution is 7.46. The van der Waals surface area contributed by atoms with Crippen LogP contribution in [0.2, 0.25) is 0 Å². The molecule has 1 heterocycles. The van der Waals surface area contributed by atoms with E-state index in [1.165, 1.54) is 5.56 Å². The van der Waals surface area contributed by atoms with Crippen molar-refractivity contribution in [2.24, 2.45) is 5.73 Å². The molecule has 1 aromatic heterocycles. The molecule has 1 unspecified atom stereocenters. The Labute approximate surface area is 169 Å². The van der Waals surface area contributed by atoms with E-state index in [2.05, 4.69) is 35.4 Å². The van der Waals surface area contributed by atoms with E-state index < -0.39 is 13.4 Å². The van der Waals surface area contributed by atoms with Gasteiger partial charge in [-0.15, -0.1) is 11.3 Å². The van der Waals surface area contributed by atoms with Gasteiger partial charge in [-0.05, 0) is 44.4 Å². The van der Waals surface area contributed by atoms with Gasteiger partial charge in [0.25, 0.3) is 0 Å². The molecule has 0 aliphatic carbocycles. The van der Waals surface area contributed by atoms with Crippen LogP contribution in [0, 0.1) is 18.8 Å². The number of ether oxygens (including phenoxy) is 1. The predicted molar refractivity (Wildman–Crippen MR) is 111 cm³/mol. The van der Waals surface area contributed by atoms with Crippen LogP contribution in [0.1, 0.15) is 34.2 Å². The molecular formula is C20H26NO5PS.